The molecule has 0 amide bonds. The van der Waals surface area contributed by atoms with E-state index in [9.17, 15) is 0 Å². The molecule has 1 fully saturated rings. The molecule has 3 nitrogen and oxygen atoms in total. The van der Waals surface area contributed by atoms with E-state index in [1.54, 1.807) is 18.4 Å². The van der Waals surface area contributed by atoms with Gasteiger partial charge in [0.2, 0.25) is 0 Å². The average Bonchev–Trinajstić information content (AvgIpc) is 2.91. The lowest BCUT2D eigenvalue weighted by Gasteiger charge is -2.28. The van der Waals surface area contributed by atoms with Crippen molar-refractivity contribution in [3.63, 3.8) is 0 Å². The highest BCUT2D eigenvalue weighted by Gasteiger charge is 2.22. The van der Waals surface area contributed by atoms with E-state index in [2.05, 4.69) is 11.8 Å². The van der Waals surface area contributed by atoms with E-state index in [1.807, 2.05) is 11.4 Å². The molecular weight excluding hydrogens is 260 g/mol. The van der Waals surface area contributed by atoms with Gasteiger partial charge in [-0.2, -0.15) is 0 Å². The van der Waals surface area contributed by atoms with Crippen LogP contribution in [0.4, 0.5) is 0 Å². The van der Waals surface area contributed by atoms with Crippen LogP contribution in [-0.4, -0.2) is 31.0 Å². The molecule has 2 rings (SSSR count). The molecule has 1 saturated carbocycles. The van der Waals surface area contributed by atoms with Gasteiger partial charge in [0.1, 0.15) is 6.61 Å². The van der Waals surface area contributed by atoms with Gasteiger partial charge in [-0.1, -0.05) is 11.8 Å². The van der Waals surface area contributed by atoms with Crippen LogP contribution in [0.15, 0.2) is 11.4 Å². The molecule has 1 aliphatic carbocycles. The van der Waals surface area contributed by atoms with Crippen LogP contribution in [0.25, 0.3) is 0 Å². The quantitative estimate of drug-likeness (QED) is 0.862. The van der Waals surface area contributed by atoms with Gasteiger partial charge in [-0.3, -0.25) is 0 Å². The first-order valence-corrected chi connectivity index (χ1v) is 7.51. The van der Waals surface area contributed by atoms with Crippen molar-refractivity contribution in [2.24, 2.45) is 0 Å². The Kier molecular flexibility index (Phi) is 5.87. The fourth-order valence-electron chi connectivity index (χ4n) is 2.33. The second-order valence-corrected chi connectivity index (χ2v) is 5.71. The van der Waals surface area contributed by atoms with E-state index in [1.165, 1.54) is 11.3 Å². The molecule has 104 valence electrons. The highest BCUT2D eigenvalue weighted by molar-refractivity contribution is 7.10. The third-order valence-electron chi connectivity index (χ3n) is 3.34. The van der Waals surface area contributed by atoms with Crippen molar-refractivity contribution in [2.45, 2.75) is 44.5 Å². The summed E-state index contributed by atoms with van der Waals surface area (Å²) in [4.78, 5) is 1.18. The number of ether oxygens (including phenoxy) is 2. The van der Waals surface area contributed by atoms with Gasteiger partial charge in [-0.25, -0.2) is 0 Å². The average molecular weight is 280 g/mol. The normalized spacial score (nSPS) is 22.8. The number of rotatable bonds is 4. The summed E-state index contributed by atoms with van der Waals surface area (Å²) >= 11 is 1.65. The summed E-state index contributed by atoms with van der Waals surface area (Å²) in [6, 6.07) is 2.03. The van der Waals surface area contributed by atoms with Crippen LogP contribution in [0.2, 0.25) is 0 Å². The number of thiophene rings is 1. The minimum absolute atomic E-state index is 0.0951. The first-order chi connectivity index (χ1) is 9.31. The predicted molar refractivity (Wildman–Crippen MR) is 76.1 cm³/mol. The van der Waals surface area contributed by atoms with Gasteiger partial charge >= 0.3 is 0 Å². The molecule has 2 atom stereocenters. The van der Waals surface area contributed by atoms with Gasteiger partial charge in [0.05, 0.1) is 18.8 Å². The second-order valence-electron chi connectivity index (χ2n) is 4.72. The molecular formula is C15H20O3S. The highest BCUT2D eigenvalue weighted by atomic mass is 32.1. The van der Waals surface area contributed by atoms with E-state index in [-0.39, 0.29) is 6.61 Å². The molecule has 4 heteroatoms. The Morgan fingerprint density at radius 3 is 3.05 bits per heavy atom. The minimum atomic E-state index is -0.0951. The van der Waals surface area contributed by atoms with E-state index < -0.39 is 0 Å². The Labute approximate surface area is 118 Å². The first kappa shape index (κ1) is 14.5. The summed E-state index contributed by atoms with van der Waals surface area (Å²) in [7, 11) is 1.78. The molecule has 0 radical (unpaired) electrons. The fraction of sp³-hybridized carbons (Fsp3) is 0.600. The maximum atomic E-state index is 8.65. The van der Waals surface area contributed by atoms with Crippen molar-refractivity contribution in [3.8, 4) is 11.8 Å². The molecule has 0 saturated heterocycles. The van der Waals surface area contributed by atoms with Gasteiger partial charge in [0.25, 0.3) is 0 Å². The Balaban J connectivity index is 1.80. The molecule has 1 heterocycles. The lowest BCUT2D eigenvalue weighted by atomic mass is 9.95. The lowest BCUT2D eigenvalue weighted by Crippen LogP contribution is -2.27. The second kappa shape index (κ2) is 7.66. The number of methoxy groups -OCH3 is 1. The maximum Gasteiger partial charge on any atom is 0.104 e. The molecule has 0 bridgehead atoms. The van der Waals surface area contributed by atoms with Crippen molar-refractivity contribution >= 4 is 11.3 Å². The largest absolute Gasteiger partial charge is 0.384 e. The molecule has 1 aromatic rings. The van der Waals surface area contributed by atoms with E-state index in [0.717, 1.165) is 24.8 Å². The predicted octanol–water partition coefficient (Wildman–Crippen LogP) is 2.57. The number of aliphatic hydroxyl groups excluding tert-OH is 1. The van der Waals surface area contributed by atoms with Crippen LogP contribution < -0.4 is 0 Å². The van der Waals surface area contributed by atoms with Crippen molar-refractivity contribution in [3.05, 3.63) is 21.9 Å². The summed E-state index contributed by atoms with van der Waals surface area (Å²) < 4.78 is 11.4. The molecule has 1 N–H and O–H groups in total. The number of hydrogen-bond acceptors (Lipinski definition) is 4. The molecule has 1 aromatic heterocycles. The van der Waals surface area contributed by atoms with Gasteiger partial charge in [-0.05, 0) is 31.7 Å². The van der Waals surface area contributed by atoms with Crippen LogP contribution in [-0.2, 0) is 16.1 Å². The van der Waals surface area contributed by atoms with E-state index in [4.69, 9.17) is 14.6 Å². The SMILES string of the molecule is COC1CCCC(OCc2cc(C#CCO)cs2)C1. The standard InChI is InChI=1S/C15H20O3S/c1-17-13-5-2-6-14(9-13)18-10-15-8-12(11-19-15)4-3-7-16/h8,11,13-14,16H,2,5-7,9-10H2,1H3. The highest BCUT2D eigenvalue weighted by Crippen LogP contribution is 2.25. The van der Waals surface area contributed by atoms with Gasteiger partial charge in [0, 0.05) is 22.9 Å². The van der Waals surface area contributed by atoms with Crippen molar-refractivity contribution in [2.75, 3.05) is 13.7 Å². The third kappa shape index (κ3) is 4.63. The zero-order valence-electron chi connectivity index (χ0n) is 11.2. The van der Waals surface area contributed by atoms with Crippen LogP contribution in [0.5, 0.6) is 0 Å². The number of aliphatic hydroxyl groups is 1. The monoisotopic (exact) mass is 280 g/mol. The topological polar surface area (TPSA) is 38.7 Å². The molecule has 0 aliphatic heterocycles. The first-order valence-electron chi connectivity index (χ1n) is 6.63. The summed E-state index contributed by atoms with van der Waals surface area (Å²) in [6.45, 7) is 0.550. The van der Waals surface area contributed by atoms with E-state index >= 15 is 0 Å². The van der Waals surface area contributed by atoms with E-state index in [0.29, 0.717) is 18.8 Å². The summed E-state index contributed by atoms with van der Waals surface area (Å²) in [5.74, 6) is 5.56. The van der Waals surface area contributed by atoms with Gasteiger partial charge < -0.3 is 14.6 Å². The van der Waals surface area contributed by atoms with Crippen LogP contribution in [0, 0.1) is 11.8 Å². The summed E-state index contributed by atoms with van der Waals surface area (Å²) in [5, 5.41) is 10.6. The summed E-state index contributed by atoms with van der Waals surface area (Å²) in [5.41, 5.74) is 0.955. The van der Waals surface area contributed by atoms with Crippen LogP contribution >= 0.6 is 11.3 Å². The molecule has 19 heavy (non-hydrogen) atoms. The molecule has 0 spiro atoms. The van der Waals surface area contributed by atoms with Gasteiger partial charge in [0.15, 0.2) is 0 Å². The zero-order chi connectivity index (χ0) is 13.5. The molecule has 1 aliphatic rings. The fourth-order valence-corrected chi connectivity index (χ4v) is 3.07. The third-order valence-corrected chi connectivity index (χ3v) is 4.25. The minimum Gasteiger partial charge on any atom is -0.384 e. The molecule has 0 aromatic carbocycles. The Hall–Kier alpha value is -0.860. The Bertz CT molecular complexity index is 444. The van der Waals surface area contributed by atoms with Crippen LogP contribution in [0.1, 0.15) is 36.1 Å². The Morgan fingerprint density at radius 2 is 2.26 bits per heavy atom. The Morgan fingerprint density at radius 1 is 1.42 bits per heavy atom. The van der Waals surface area contributed by atoms with Crippen LogP contribution in [0.3, 0.4) is 0 Å². The molecule has 2 unspecified atom stereocenters. The zero-order valence-corrected chi connectivity index (χ0v) is 12.0. The van der Waals surface area contributed by atoms with Crippen molar-refractivity contribution < 1.29 is 14.6 Å². The lowest BCUT2D eigenvalue weighted by molar-refractivity contribution is -0.0356. The van der Waals surface area contributed by atoms with Crippen molar-refractivity contribution in [1.29, 1.82) is 0 Å². The van der Waals surface area contributed by atoms with Crippen molar-refractivity contribution in [1.82, 2.24) is 0 Å². The van der Waals surface area contributed by atoms with Gasteiger partial charge in [-0.15, -0.1) is 11.3 Å². The number of hydrogen-bond donors (Lipinski definition) is 1. The maximum absolute atomic E-state index is 8.65. The smallest absolute Gasteiger partial charge is 0.104 e. The summed E-state index contributed by atoms with van der Waals surface area (Å²) in [6.07, 6.45) is 5.12.